The first-order chi connectivity index (χ1) is 12.2. The normalized spacial score (nSPS) is 25.1. The Morgan fingerprint density at radius 1 is 1.16 bits per heavy atom. The molecule has 0 N–H and O–H groups in total. The Labute approximate surface area is 147 Å². The molecular weight excluding hydrogens is 321 g/mol. The lowest BCUT2D eigenvalue weighted by molar-refractivity contribution is -0.144. The van der Waals surface area contributed by atoms with E-state index in [-0.39, 0.29) is 11.7 Å². The van der Waals surface area contributed by atoms with Gasteiger partial charge in [-0.15, -0.1) is 0 Å². The predicted octanol–water partition coefficient (Wildman–Crippen LogP) is 2.41. The molecule has 2 heterocycles. The monoisotopic (exact) mass is 345 g/mol. The smallest absolute Gasteiger partial charge is 0.266 e. The van der Waals surface area contributed by atoms with Gasteiger partial charge in [-0.2, -0.15) is 0 Å². The van der Waals surface area contributed by atoms with Gasteiger partial charge >= 0.3 is 0 Å². The van der Waals surface area contributed by atoms with Gasteiger partial charge in [-0.3, -0.25) is 9.69 Å². The van der Waals surface area contributed by atoms with Gasteiger partial charge in [0.1, 0.15) is 5.82 Å². The van der Waals surface area contributed by atoms with Crippen LogP contribution in [0.3, 0.4) is 0 Å². The van der Waals surface area contributed by atoms with E-state index in [0.29, 0.717) is 23.7 Å². The molecule has 1 amide bonds. The van der Waals surface area contributed by atoms with Gasteiger partial charge < -0.3 is 9.74 Å². The number of hydrogen-bond acceptors (Lipinski definition) is 4. The van der Waals surface area contributed by atoms with Crippen LogP contribution in [-0.2, 0) is 9.63 Å². The molecule has 1 saturated heterocycles. The summed E-state index contributed by atoms with van der Waals surface area (Å²) in [5.41, 5.74) is 1.32. The molecule has 25 heavy (non-hydrogen) atoms. The number of benzene rings is 1. The summed E-state index contributed by atoms with van der Waals surface area (Å²) in [5.74, 6) is -0.306. The third kappa shape index (κ3) is 3.54. The lowest BCUT2D eigenvalue weighted by Gasteiger charge is -2.38. The molecule has 1 aromatic rings. The van der Waals surface area contributed by atoms with Gasteiger partial charge in [0.2, 0.25) is 6.10 Å². The molecule has 134 valence electrons. The lowest BCUT2D eigenvalue weighted by Crippen LogP contribution is -2.53. The van der Waals surface area contributed by atoms with E-state index >= 15 is 0 Å². The van der Waals surface area contributed by atoms with E-state index in [1.165, 1.54) is 37.8 Å². The molecule has 1 aromatic carbocycles. The largest absolute Gasteiger partial charge is 0.382 e. The molecule has 3 aliphatic rings. The number of nitrogens with zero attached hydrogens (tertiary/aromatic N) is 3. The minimum atomic E-state index is -0.573. The van der Waals surface area contributed by atoms with E-state index in [4.69, 9.17) is 4.84 Å². The third-order valence-electron chi connectivity index (χ3n) is 5.57. The minimum absolute atomic E-state index is 0.00113. The molecule has 1 aliphatic carbocycles. The summed E-state index contributed by atoms with van der Waals surface area (Å²) >= 11 is 0. The highest BCUT2D eigenvalue weighted by Gasteiger charge is 2.35. The Kier molecular flexibility index (Phi) is 4.70. The molecule has 1 atom stereocenters. The first-order valence-electron chi connectivity index (χ1n) is 9.22. The third-order valence-corrected chi connectivity index (χ3v) is 5.57. The summed E-state index contributed by atoms with van der Waals surface area (Å²) < 4.78 is 13.4. The van der Waals surface area contributed by atoms with Gasteiger partial charge in [0.05, 0.1) is 5.71 Å². The van der Waals surface area contributed by atoms with Crippen LogP contribution in [0.25, 0.3) is 0 Å². The number of rotatable bonds is 3. The van der Waals surface area contributed by atoms with Crippen molar-refractivity contribution in [3.63, 3.8) is 0 Å². The van der Waals surface area contributed by atoms with Gasteiger partial charge in [-0.1, -0.05) is 30.1 Å². The highest BCUT2D eigenvalue weighted by molar-refractivity contribution is 6.04. The van der Waals surface area contributed by atoms with Crippen LogP contribution in [0.15, 0.2) is 29.4 Å². The second-order valence-electron chi connectivity index (χ2n) is 7.15. The molecule has 4 rings (SSSR count). The van der Waals surface area contributed by atoms with E-state index in [2.05, 4.69) is 10.1 Å². The second-order valence-corrected chi connectivity index (χ2v) is 7.15. The number of piperazine rings is 1. The summed E-state index contributed by atoms with van der Waals surface area (Å²) in [4.78, 5) is 22.5. The zero-order valence-corrected chi connectivity index (χ0v) is 14.4. The molecule has 0 aromatic heterocycles. The van der Waals surface area contributed by atoms with Gasteiger partial charge in [0.25, 0.3) is 5.91 Å². The average Bonchev–Trinajstić information content (AvgIpc) is 3.33. The molecule has 5 nitrogen and oxygen atoms in total. The molecule has 0 radical (unpaired) electrons. The average molecular weight is 345 g/mol. The summed E-state index contributed by atoms with van der Waals surface area (Å²) in [7, 11) is 0. The highest BCUT2D eigenvalue weighted by Crippen LogP contribution is 2.25. The summed E-state index contributed by atoms with van der Waals surface area (Å²) in [6.07, 6.45) is 5.09. The maximum absolute atomic E-state index is 13.4. The van der Waals surface area contributed by atoms with Crippen molar-refractivity contribution >= 4 is 11.6 Å². The molecule has 1 saturated carbocycles. The van der Waals surface area contributed by atoms with Crippen molar-refractivity contribution < 1.29 is 14.0 Å². The number of oxime groups is 1. The van der Waals surface area contributed by atoms with Gasteiger partial charge in [0, 0.05) is 44.2 Å². The number of halogens is 1. The maximum Gasteiger partial charge on any atom is 0.266 e. The Morgan fingerprint density at radius 3 is 2.64 bits per heavy atom. The number of carbonyl (C=O) groups excluding carboxylic acids is 1. The van der Waals surface area contributed by atoms with Crippen LogP contribution in [0, 0.1) is 5.82 Å². The Balaban J connectivity index is 1.31. The van der Waals surface area contributed by atoms with Crippen molar-refractivity contribution in [1.29, 1.82) is 0 Å². The van der Waals surface area contributed by atoms with Gasteiger partial charge in [-0.25, -0.2) is 4.39 Å². The van der Waals surface area contributed by atoms with Crippen molar-refractivity contribution in [1.82, 2.24) is 9.80 Å². The van der Waals surface area contributed by atoms with Crippen LogP contribution in [0.2, 0.25) is 0 Å². The van der Waals surface area contributed by atoms with Crippen molar-refractivity contribution in [2.75, 3.05) is 26.2 Å². The summed E-state index contributed by atoms with van der Waals surface area (Å²) in [6.45, 7) is 3.40. The molecular formula is C19H24FN3O2. The summed E-state index contributed by atoms with van der Waals surface area (Å²) in [5, 5.41) is 4.01. The molecule has 6 heteroatoms. The van der Waals surface area contributed by atoms with Gasteiger partial charge in [-0.05, 0) is 25.0 Å². The second kappa shape index (κ2) is 7.12. The van der Waals surface area contributed by atoms with Crippen LogP contribution in [-0.4, -0.2) is 59.7 Å². The molecule has 0 bridgehead atoms. The fraction of sp³-hybridized carbons (Fsp3) is 0.579. The first-order valence-corrected chi connectivity index (χ1v) is 9.22. The fourth-order valence-electron chi connectivity index (χ4n) is 4.13. The van der Waals surface area contributed by atoms with Crippen molar-refractivity contribution in [3.05, 3.63) is 35.6 Å². The zero-order valence-electron chi connectivity index (χ0n) is 14.4. The highest BCUT2D eigenvalue weighted by atomic mass is 19.1. The van der Waals surface area contributed by atoms with Crippen LogP contribution < -0.4 is 0 Å². The molecule has 2 fully saturated rings. The van der Waals surface area contributed by atoms with Crippen LogP contribution in [0.1, 0.15) is 37.7 Å². The van der Waals surface area contributed by atoms with Crippen LogP contribution in [0.4, 0.5) is 4.39 Å². The molecule has 2 aliphatic heterocycles. The van der Waals surface area contributed by atoms with E-state index < -0.39 is 6.10 Å². The van der Waals surface area contributed by atoms with Crippen LogP contribution >= 0.6 is 0 Å². The minimum Gasteiger partial charge on any atom is -0.382 e. The van der Waals surface area contributed by atoms with Gasteiger partial charge in [0.15, 0.2) is 0 Å². The maximum atomic E-state index is 13.4. The topological polar surface area (TPSA) is 45.1 Å². The first kappa shape index (κ1) is 16.5. The van der Waals surface area contributed by atoms with Crippen molar-refractivity contribution in [2.24, 2.45) is 5.16 Å². The Bertz CT molecular complexity index is 664. The predicted molar refractivity (Wildman–Crippen MR) is 92.8 cm³/mol. The molecule has 0 spiro atoms. The number of hydrogen-bond donors (Lipinski definition) is 0. The zero-order chi connectivity index (χ0) is 17.2. The molecule has 1 unspecified atom stereocenters. The standard InChI is InChI=1S/C19H24FN3O2/c20-15-5-3-4-14(12-15)17-13-18(25-21-17)19(24)23-10-8-22(9-11-23)16-6-1-2-7-16/h3-5,12,16,18H,1-2,6-11,13H2. The van der Waals surface area contributed by atoms with E-state index in [0.717, 1.165) is 26.2 Å². The van der Waals surface area contributed by atoms with Crippen LogP contribution in [0.5, 0.6) is 0 Å². The van der Waals surface area contributed by atoms with E-state index in [1.54, 1.807) is 12.1 Å². The number of amides is 1. The summed E-state index contributed by atoms with van der Waals surface area (Å²) in [6, 6.07) is 6.97. The van der Waals surface area contributed by atoms with E-state index in [1.807, 2.05) is 4.90 Å². The Hall–Kier alpha value is -1.95. The Morgan fingerprint density at radius 2 is 1.92 bits per heavy atom. The van der Waals surface area contributed by atoms with Crippen molar-refractivity contribution in [2.45, 2.75) is 44.2 Å². The lowest BCUT2D eigenvalue weighted by atomic mass is 10.0. The fourth-order valence-corrected chi connectivity index (χ4v) is 4.13. The SMILES string of the molecule is O=C(C1CC(c2cccc(F)c2)=NO1)N1CCN(C2CCCC2)CC1. The van der Waals surface area contributed by atoms with E-state index in [9.17, 15) is 9.18 Å². The number of carbonyl (C=O) groups is 1. The quantitative estimate of drug-likeness (QED) is 0.845. The van der Waals surface area contributed by atoms with Crippen molar-refractivity contribution in [3.8, 4) is 0 Å².